The molecule has 0 saturated heterocycles. The molecule has 2 aromatic carbocycles. The first-order chi connectivity index (χ1) is 18.2. The standard InChI is InChI=1S/C26H31ClF3N3O5S/c1-17(25(35)31-19-6-4-5-7-19)32(15-18-8-11-21(38-2)12-9-18)24(34)16-33(39(3,36)37)20-10-13-23(27)22(14-20)26(28,29)30/h8-14,17,19H,4-7,15-16H2,1-3H3,(H,31,35). The van der Waals surface area contributed by atoms with Gasteiger partial charge in [0.2, 0.25) is 21.8 Å². The minimum Gasteiger partial charge on any atom is -0.497 e. The quantitative estimate of drug-likeness (QED) is 0.437. The second-order valence-corrected chi connectivity index (χ2v) is 11.8. The van der Waals surface area contributed by atoms with Gasteiger partial charge in [-0.15, -0.1) is 0 Å². The van der Waals surface area contributed by atoms with E-state index in [2.05, 4.69) is 5.32 Å². The van der Waals surface area contributed by atoms with Crippen LogP contribution in [0.5, 0.6) is 5.75 Å². The van der Waals surface area contributed by atoms with E-state index < -0.39 is 51.2 Å². The molecule has 1 unspecified atom stereocenters. The molecule has 0 spiro atoms. The monoisotopic (exact) mass is 589 g/mol. The maximum Gasteiger partial charge on any atom is 0.417 e. The highest BCUT2D eigenvalue weighted by Gasteiger charge is 2.36. The molecule has 1 saturated carbocycles. The van der Waals surface area contributed by atoms with E-state index in [0.29, 0.717) is 21.7 Å². The van der Waals surface area contributed by atoms with Crippen LogP contribution in [-0.2, 0) is 32.3 Å². The zero-order valence-electron chi connectivity index (χ0n) is 21.8. The number of halogens is 4. The second kappa shape index (κ2) is 12.5. The highest BCUT2D eigenvalue weighted by Crippen LogP contribution is 2.37. The smallest absolute Gasteiger partial charge is 0.417 e. The molecular formula is C26H31ClF3N3O5S. The molecule has 0 aromatic heterocycles. The number of hydrogen-bond acceptors (Lipinski definition) is 5. The predicted octanol–water partition coefficient (Wildman–Crippen LogP) is 4.61. The molecule has 0 bridgehead atoms. The number of methoxy groups -OCH3 is 1. The van der Waals surface area contributed by atoms with Gasteiger partial charge in [0.05, 0.1) is 29.6 Å². The van der Waals surface area contributed by atoms with Crippen LogP contribution in [0.3, 0.4) is 0 Å². The van der Waals surface area contributed by atoms with Crippen molar-refractivity contribution in [2.45, 2.75) is 57.4 Å². The summed E-state index contributed by atoms with van der Waals surface area (Å²) < 4.78 is 71.4. The number of nitrogens with one attached hydrogen (secondary N) is 1. The average molecular weight is 590 g/mol. The predicted molar refractivity (Wildman–Crippen MR) is 142 cm³/mol. The van der Waals surface area contributed by atoms with Crippen LogP contribution >= 0.6 is 11.6 Å². The summed E-state index contributed by atoms with van der Waals surface area (Å²) in [6, 6.07) is 8.35. The number of nitrogens with zero attached hydrogens (tertiary/aromatic N) is 2. The average Bonchev–Trinajstić information content (AvgIpc) is 3.37. The zero-order chi connectivity index (χ0) is 29.0. The van der Waals surface area contributed by atoms with Gasteiger partial charge < -0.3 is 15.0 Å². The molecule has 1 N–H and O–H groups in total. The van der Waals surface area contributed by atoms with Crippen LogP contribution < -0.4 is 14.4 Å². The molecule has 0 aliphatic heterocycles. The summed E-state index contributed by atoms with van der Waals surface area (Å²) in [7, 11) is -2.71. The first-order valence-electron chi connectivity index (χ1n) is 12.3. The minimum atomic E-state index is -4.84. The molecule has 214 valence electrons. The Morgan fingerprint density at radius 3 is 2.28 bits per heavy atom. The molecule has 1 aliphatic rings. The zero-order valence-corrected chi connectivity index (χ0v) is 23.4. The van der Waals surface area contributed by atoms with Gasteiger partial charge in [0, 0.05) is 12.6 Å². The molecule has 3 rings (SSSR count). The largest absolute Gasteiger partial charge is 0.497 e. The number of carbonyl (C=O) groups is 2. The van der Waals surface area contributed by atoms with Crippen LogP contribution in [0.4, 0.5) is 18.9 Å². The Kier molecular flexibility index (Phi) is 9.76. The van der Waals surface area contributed by atoms with Gasteiger partial charge in [0.1, 0.15) is 18.3 Å². The number of anilines is 1. The lowest BCUT2D eigenvalue weighted by atomic mass is 10.1. The summed E-state index contributed by atoms with van der Waals surface area (Å²) in [5.41, 5.74) is -0.974. The highest BCUT2D eigenvalue weighted by atomic mass is 35.5. The Morgan fingerprint density at radius 1 is 1.13 bits per heavy atom. The SMILES string of the molecule is COc1ccc(CN(C(=O)CN(c2ccc(Cl)c(C(F)(F)F)c2)S(C)(=O)=O)C(C)C(=O)NC2CCCC2)cc1. The van der Waals surface area contributed by atoms with Crippen molar-refractivity contribution in [1.29, 1.82) is 0 Å². The van der Waals surface area contributed by atoms with E-state index in [1.165, 1.54) is 18.9 Å². The fourth-order valence-electron chi connectivity index (χ4n) is 4.40. The first kappa shape index (κ1) is 30.6. The van der Waals surface area contributed by atoms with Crippen molar-refractivity contribution in [3.63, 3.8) is 0 Å². The van der Waals surface area contributed by atoms with Gasteiger partial charge in [-0.1, -0.05) is 36.6 Å². The molecule has 13 heteroatoms. The number of sulfonamides is 1. The molecule has 8 nitrogen and oxygen atoms in total. The number of hydrogen-bond donors (Lipinski definition) is 1. The van der Waals surface area contributed by atoms with Crippen LogP contribution in [-0.4, -0.2) is 57.1 Å². The number of carbonyl (C=O) groups excluding carboxylic acids is 2. The van der Waals surface area contributed by atoms with Crippen LogP contribution in [0.25, 0.3) is 0 Å². The van der Waals surface area contributed by atoms with Gasteiger partial charge >= 0.3 is 6.18 Å². The Bertz CT molecular complexity index is 1280. The van der Waals surface area contributed by atoms with Crippen molar-refractivity contribution in [3.8, 4) is 5.75 Å². The van der Waals surface area contributed by atoms with Crippen molar-refractivity contribution in [2.24, 2.45) is 0 Å². The van der Waals surface area contributed by atoms with Gasteiger partial charge in [0.25, 0.3) is 0 Å². The van der Waals surface area contributed by atoms with E-state index in [-0.39, 0.29) is 18.3 Å². The van der Waals surface area contributed by atoms with Gasteiger partial charge in [-0.25, -0.2) is 8.42 Å². The van der Waals surface area contributed by atoms with E-state index in [0.717, 1.165) is 44.1 Å². The third kappa shape index (κ3) is 8.01. The molecule has 0 radical (unpaired) electrons. The van der Waals surface area contributed by atoms with Crippen molar-refractivity contribution in [2.75, 3.05) is 24.2 Å². The van der Waals surface area contributed by atoms with E-state index in [1.54, 1.807) is 24.3 Å². The van der Waals surface area contributed by atoms with Gasteiger partial charge in [-0.3, -0.25) is 13.9 Å². The van der Waals surface area contributed by atoms with Gasteiger partial charge in [-0.05, 0) is 55.7 Å². The van der Waals surface area contributed by atoms with Crippen LogP contribution in [0, 0.1) is 0 Å². The van der Waals surface area contributed by atoms with Crippen molar-refractivity contribution < 1.29 is 35.9 Å². The van der Waals surface area contributed by atoms with Crippen LogP contribution in [0.1, 0.15) is 43.7 Å². The van der Waals surface area contributed by atoms with E-state index in [1.807, 2.05) is 0 Å². The van der Waals surface area contributed by atoms with E-state index in [9.17, 15) is 31.2 Å². The summed E-state index contributed by atoms with van der Waals surface area (Å²) in [5.74, 6) is -0.593. The normalized spacial score (nSPS) is 15.1. The summed E-state index contributed by atoms with van der Waals surface area (Å²) in [6.07, 6.45) is -0.439. The summed E-state index contributed by atoms with van der Waals surface area (Å²) >= 11 is 5.70. The molecule has 2 amide bonds. The Labute approximate surface area is 231 Å². The maximum atomic E-state index is 13.6. The maximum absolute atomic E-state index is 13.6. The minimum absolute atomic E-state index is 0.0136. The summed E-state index contributed by atoms with van der Waals surface area (Å²) in [4.78, 5) is 27.9. The summed E-state index contributed by atoms with van der Waals surface area (Å²) in [6.45, 7) is 0.656. The molecule has 39 heavy (non-hydrogen) atoms. The third-order valence-corrected chi connectivity index (χ3v) is 8.07. The Balaban J connectivity index is 1.93. The third-order valence-electron chi connectivity index (χ3n) is 6.60. The highest BCUT2D eigenvalue weighted by molar-refractivity contribution is 7.92. The van der Waals surface area contributed by atoms with Crippen molar-refractivity contribution >= 4 is 39.1 Å². The van der Waals surface area contributed by atoms with E-state index in [4.69, 9.17) is 16.3 Å². The fraction of sp³-hybridized carbons (Fsp3) is 0.462. The molecule has 1 atom stereocenters. The van der Waals surface area contributed by atoms with Crippen molar-refractivity contribution in [1.82, 2.24) is 10.2 Å². The first-order valence-corrected chi connectivity index (χ1v) is 14.5. The number of alkyl halides is 3. The Hall–Kier alpha value is -2.99. The lowest BCUT2D eigenvalue weighted by Crippen LogP contribution is -2.52. The topological polar surface area (TPSA) is 96.0 Å². The number of ether oxygens (including phenoxy) is 1. The van der Waals surface area contributed by atoms with E-state index >= 15 is 0 Å². The molecular weight excluding hydrogens is 559 g/mol. The molecule has 2 aromatic rings. The lowest BCUT2D eigenvalue weighted by molar-refractivity contribution is -0.139. The molecule has 1 aliphatic carbocycles. The van der Waals surface area contributed by atoms with Crippen molar-refractivity contribution in [3.05, 3.63) is 58.6 Å². The molecule has 0 heterocycles. The van der Waals surface area contributed by atoms with Crippen LogP contribution in [0.2, 0.25) is 5.02 Å². The summed E-state index contributed by atoms with van der Waals surface area (Å²) in [5, 5.41) is 2.33. The fourth-order valence-corrected chi connectivity index (χ4v) is 5.47. The molecule has 1 fully saturated rings. The Morgan fingerprint density at radius 2 is 1.74 bits per heavy atom. The lowest BCUT2D eigenvalue weighted by Gasteiger charge is -2.32. The number of amides is 2. The van der Waals surface area contributed by atoms with Gasteiger partial charge in [-0.2, -0.15) is 13.2 Å². The second-order valence-electron chi connectivity index (χ2n) is 9.47. The van der Waals surface area contributed by atoms with Crippen LogP contribution in [0.15, 0.2) is 42.5 Å². The number of benzene rings is 2. The van der Waals surface area contributed by atoms with Gasteiger partial charge in [0.15, 0.2) is 0 Å². The number of rotatable bonds is 10.